The molecule has 0 saturated carbocycles. The van der Waals surface area contributed by atoms with Gasteiger partial charge in [0.15, 0.2) is 0 Å². The summed E-state index contributed by atoms with van der Waals surface area (Å²) in [6.45, 7) is 2.08. The number of amides is 1. The lowest BCUT2D eigenvalue weighted by Crippen LogP contribution is -2.10. The van der Waals surface area contributed by atoms with Crippen LogP contribution < -0.4 is 5.32 Å². The van der Waals surface area contributed by atoms with Crippen LogP contribution in [0.1, 0.15) is 22.2 Å². The van der Waals surface area contributed by atoms with Gasteiger partial charge < -0.3 is 5.32 Å². The van der Waals surface area contributed by atoms with E-state index in [9.17, 15) is 4.79 Å². The molecule has 0 aliphatic rings. The largest absolute Gasteiger partial charge is 0.321 e. The van der Waals surface area contributed by atoms with E-state index in [-0.39, 0.29) is 5.91 Å². The molecule has 0 aliphatic heterocycles. The van der Waals surface area contributed by atoms with Crippen LogP contribution in [-0.4, -0.2) is 5.91 Å². The zero-order valence-corrected chi connectivity index (χ0v) is 14.1. The highest BCUT2D eigenvalue weighted by molar-refractivity contribution is 7.21. The van der Waals surface area contributed by atoms with Crippen LogP contribution in [0.25, 0.3) is 10.1 Å². The number of anilines is 1. The van der Waals surface area contributed by atoms with Gasteiger partial charge in [-0.1, -0.05) is 48.3 Å². The van der Waals surface area contributed by atoms with E-state index in [4.69, 9.17) is 23.2 Å². The van der Waals surface area contributed by atoms with Gasteiger partial charge >= 0.3 is 0 Å². The Morgan fingerprint density at radius 3 is 2.77 bits per heavy atom. The third-order valence-electron chi connectivity index (χ3n) is 3.39. The number of rotatable bonds is 3. The molecule has 1 aromatic heterocycles. The number of thiophene rings is 1. The predicted octanol–water partition coefficient (Wildman–Crippen LogP) is 6.02. The molecule has 3 aromatic rings. The van der Waals surface area contributed by atoms with Gasteiger partial charge in [-0.25, -0.2) is 0 Å². The van der Waals surface area contributed by atoms with Crippen LogP contribution in [0.3, 0.4) is 0 Å². The topological polar surface area (TPSA) is 29.1 Å². The van der Waals surface area contributed by atoms with Crippen molar-refractivity contribution in [3.05, 3.63) is 63.0 Å². The maximum absolute atomic E-state index is 12.5. The average molecular weight is 350 g/mol. The Balaban J connectivity index is 1.93. The Labute approximate surface area is 142 Å². The van der Waals surface area contributed by atoms with E-state index in [0.717, 1.165) is 22.2 Å². The van der Waals surface area contributed by atoms with Gasteiger partial charge in [0.25, 0.3) is 5.91 Å². The van der Waals surface area contributed by atoms with Crippen molar-refractivity contribution in [1.29, 1.82) is 0 Å². The molecule has 0 radical (unpaired) electrons. The molecule has 0 spiro atoms. The van der Waals surface area contributed by atoms with Gasteiger partial charge in [-0.15, -0.1) is 11.3 Å². The van der Waals surface area contributed by atoms with Gasteiger partial charge in [0.2, 0.25) is 0 Å². The summed E-state index contributed by atoms with van der Waals surface area (Å²) in [4.78, 5) is 13.0. The van der Waals surface area contributed by atoms with Crippen LogP contribution in [0.5, 0.6) is 0 Å². The first-order chi connectivity index (χ1) is 10.6. The molecule has 1 N–H and O–H groups in total. The average Bonchev–Trinajstić information content (AvgIpc) is 2.84. The summed E-state index contributed by atoms with van der Waals surface area (Å²) in [7, 11) is 0. The molecule has 1 heterocycles. The normalized spacial score (nSPS) is 10.9. The fourth-order valence-electron chi connectivity index (χ4n) is 2.24. The van der Waals surface area contributed by atoms with Gasteiger partial charge in [-0.3, -0.25) is 4.79 Å². The van der Waals surface area contributed by atoms with Crippen molar-refractivity contribution in [2.45, 2.75) is 13.3 Å². The number of benzene rings is 2. The minimum atomic E-state index is -0.199. The van der Waals surface area contributed by atoms with E-state index < -0.39 is 0 Å². The molecule has 0 fully saturated rings. The van der Waals surface area contributed by atoms with Crippen molar-refractivity contribution in [3.63, 3.8) is 0 Å². The summed E-state index contributed by atoms with van der Waals surface area (Å²) in [5, 5.41) is 4.86. The number of carbonyl (C=O) groups is 1. The smallest absolute Gasteiger partial charge is 0.267 e. The molecule has 22 heavy (non-hydrogen) atoms. The van der Waals surface area contributed by atoms with Gasteiger partial charge in [0.05, 0.1) is 5.02 Å². The first-order valence-corrected chi connectivity index (χ1v) is 8.43. The number of fused-ring (bicyclic) bond motifs is 1. The van der Waals surface area contributed by atoms with Crippen molar-refractivity contribution >= 4 is 56.2 Å². The number of halogens is 2. The monoisotopic (exact) mass is 349 g/mol. The molecule has 3 rings (SSSR count). The molecular formula is C17H13Cl2NOS. The summed E-state index contributed by atoms with van der Waals surface area (Å²) in [6.07, 6.45) is 0.922. The molecule has 0 atom stereocenters. The molecule has 1 amide bonds. The maximum Gasteiger partial charge on any atom is 0.267 e. The van der Waals surface area contributed by atoms with Crippen LogP contribution in [0, 0.1) is 0 Å². The molecule has 0 aliphatic carbocycles. The molecule has 2 nitrogen and oxygen atoms in total. The standard InChI is InChI=1S/C17H13Cl2NOS/c1-2-10-4-3-5-12(8-10)20-17(21)16-15(19)13-7-6-11(18)9-14(13)22-16/h3-9H,2H2,1H3,(H,20,21). The summed E-state index contributed by atoms with van der Waals surface area (Å²) in [5.74, 6) is -0.199. The highest BCUT2D eigenvalue weighted by Gasteiger charge is 2.17. The first-order valence-electron chi connectivity index (χ1n) is 6.86. The number of hydrogen-bond acceptors (Lipinski definition) is 2. The van der Waals surface area contributed by atoms with Gasteiger partial charge in [-0.2, -0.15) is 0 Å². The zero-order valence-electron chi connectivity index (χ0n) is 11.8. The minimum Gasteiger partial charge on any atom is -0.321 e. The Morgan fingerprint density at radius 1 is 1.18 bits per heavy atom. The summed E-state index contributed by atoms with van der Waals surface area (Å²) >= 11 is 13.7. The van der Waals surface area contributed by atoms with E-state index in [1.165, 1.54) is 16.9 Å². The maximum atomic E-state index is 12.5. The molecule has 0 saturated heterocycles. The zero-order chi connectivity index (χ0) is 15.7. The second-order valence-corrected chi connectivity index (χ2v) is 6.76. The van der Waals surface area contributed by atoms with E-state index >= 15 is 0 Å². The first kappa shape index (κ1) is 15.3. The van der Waals surface area contributed by atoms with E-state index in [2.05, 4.69) is 12.2 Å². The van der Waals surface area contributed by atoms with Crippen molar-refractivity contribution < 1.29 is 4.79 Å². The fourth-order valence-corrected chi connectivity index (χ4v) is 3.93. The molecule has 0 bridgehead atoms. The molecule has 5 heteroatoms. The minimum absolute atomic E-state index is 0.199. The lowest BCUT2D eigenvalue weighted by Gasteiger charge is -2.05. The molecule has 0 unspecified atom stereocenters. The van der Waals surface area contributed by atoms with Crippen molar-refractivity contribution in [2.24, 2.45) is 0 Å². The van der Waals surface area contributed by atoms with E-state index in [1.807, 2.05) is 36.4 Å². The van der Waals surface area contributed by atoms with Crippen LogP contribution in [0.15, 0.2) is 42.5 Å². The van der Waals surface area contributed by atoms with Gasteiger partial charge in [0, 0.05) is 20.8 Å². The highest BCUT2D eigenvalue weighted by Crippen LogP contribution is 2.37. The SMILES string of the molecule is CCc1cccc(NC(=O)c2sc3cc(Cl)ccc3c2Cl)c1. The van der Waals surface area contributed by atoms with Crippen molar-refractivity contribution in [2.75, 3.05) is 5.32 Å². The van der Waals surface area contributed by atoms with E-state index in [0.29, 0.717) is 14.9 Å². The Kier molecular flexibility index (Phi) is 4.39. The quantitative estimate of drug-likeness (QED) is 0.615. The fraction of sp³-hybridized carbons (Fsp3) is 0.118. The lowest BCUT2D eigenvalue weighted by molar-refractivity contribution is 0.103. The molecular weight excluding hydrogens is 337 g/mol. The molecule has 112 valence electrons. The Hall–Kier alpha value is -1.55. The number of hydrogen-bond donors (Lipinski definition) is 1. The van der Waals surface area contributed by atoms with Crippen LogP contribution in [-0.2, 0) is 6.42 Å². The summed E-state index contributed by atoms with van der Waals surface area (Å²) in [6, 6.07) is 13.2. The Bertz CT molecular complexity index is 857. The lowest BCUT2D eigenvalue weighted by atomic mass is 10.1. The summed E-state index contributed by atoms with van der Waals surface area (Å²) < 4.78 is 0.907. The second kappa shape index (κ2) is 6.29. The second-order valence-electron chi connectivity index (χ2n) is 4.89. The third kappa shape index (κ3) is 2.98. The van der Waals surface area contributed by atoms with Crippen LogP contribution in [0.4, 0.5) is 5.69 Å². The van der Waals surface area contributed by atoms with Crippen LogP contribution in [0.2, 0.25) is 10.0 Å². The third-order valence-corrected chi connectivity index (χ3v) is 5.28. The van der Waals surface area contributed by atoms with Crippen LogP contribution >= 0.6 is 34.5 Å². The van der Waals surface area contributed by atoms with Crippen molar-refractivity contribution in [1.82, 2.24) is 0 Å². The Morgan fingerprint density at radius 2 is 2.00 bits per heavy atom. The van der Waals surface area contributed by atoms with E-state index in [1.54, 1.807) is 6.07 Å². The number of aryl methyl sites for hydroxylation is 1. The molecule has 2 aromatic carbocycles. The number of carbonyl (C=O) groups excluding carboxylic acids is 1. The predicted molar refractivity (Wildman–Crippen MR) is 95.6 cm³/mol. The van der Waals surface area contributed by atoms with Gasteiger partial charge in [-0.05, 0) is 36.2 Å². The highest BCUT2D eigenvalue weighted by atomic mass is 35.5. The van der Waals surface area contributed by atoms with Crippen molar-refractivity contribution in [3.8, 4) is 0 Å². The number of nitrogens with one attached hydrogen (secondary N) is 1. The summed E-state index contributed by atoms with van der Waals surface area (Å²) in [5.41, 5.74) is 1.95. The van der Waals surface area contributed by atoms with Gasteiger partial charge in [0.1, 0.15) is 4.88 Å².